The molecule has 0 radical (unpaired) electrons. The molecule has 0 aliphatic heterocycles. The van der Waals surface area contributed by atoms with Crippen LogP contribution in [0.3, 0.4) is 0 Å². The van der Waals surface area contributed by atoms with E-state index < -0.39 is 17.5 Å². The summed E-state index contributed by atoms with van der Waals surface area (Å²) in [5.74, 6) is -5.54. The first-order valence-electron chi connectivity index (χ1n) is 5.42. The first-order valence-corrected chi connectivity index (χ1v) is 5.42. The minimum absolute atomic E-state index is 0.129. The number of carbonyl (C=O) groups is 1. The molecule has 0 saturated carbocycles. The molecular weight excluding hydrogens is 246 g/mol. The number of ether oxygens (including phenoxy) is 2. The average molecular weight is 260 g/mol. The predicted molar refractivity (Wildman–Crippen MR) is 59.5 cm³/mol. The summed E-state index contributed by atoms with van der Waals surface area (Å²) in [5, 5.41) is 8.61. The van der Waals surface area contributed by atoms with Crippen LogP contribution >= 0.6 is 0 Å². The van der Waals surface area contributed by atoms with Crippen molar-refractivity contribution in [3.8, 4) is 5.75 Å². The summed E-state index contributed by atoms with van der Waals surface area (Å²) in [5.41, 5.74) is -0.572. The SMILES string of the molecule is CCOC(=O)C(F)(F)c1ccccc1OCCO. The summed E-state index contributed by atoms with van der Waals surface area (Å²) in [6, 6.07) is 5.26. The summed E-state index contributed by atoms with van der Waals surface area (Å²) in [6.45, 7) is 0.880. The van der Waals surface area contributed by atoms with Crippen LogP contribution in [-0.4, -0.2) is 30.9 Å². The molecule has 1 aromatic carbocycles. The molecule has 100 valence electrons. The molecule has 0 aliphatic rings. The Hall–Kier alpha value is -1.69. The predicted octanol–water partition coefficient (Wildman–Crippen LogP) is 1.71. The fourth-order valence-corrected chi connectivity index (χ4v) is 1.34. The van der Waals surface area contributed by atoms with Gasteiger partial charge in [-0.25, -0.2) is 4.79 Å². The summed E-state index contributed by atoms with van der Waals surface area (Å²) in [7, 11) is 0. The molecule has 1 N–H and O–H groups in total. The van der Waals surface area contributed by atoms with Crippen molar-refractivity contribution in [2.75, 3.05) is 19.8 Å². The highest BCUT2D eigenvalue weighted by atomic mass is 19.3. The van der Waals surface area contributed by atoms with Crippen LogP contribution in [0.1, 0.15) is 12.5 Å². The Kier molecular flexibility index (Phi) is 5.03. The lowest BCUT2D eigenvalue weighted by molar-refractivity contribution is -0.173. The van der Waals surface area contributed by atoms with Crippen LogP contribution < -0.4 is 4.74 Å². The normalized spacial score (nSPS) is 11.1. The summed E-state index contributed by atoms with van der Waals surface area (Å²) in [6.07, 6.45) is 0. The van der Waals surface area contributed by atoms with E-state index >= 15 is 0 Å². The topological polar surface area (TPSA) is 55.8 Å². The van der Waals surface area contributed by atoms with Crippen LogP contribution in [0.2, 0.25) is 0 Å². The number of carbonyl (C=O) groups excluding carboxylic acids is 1. The van der Waals surface area contributed by atoms with Crippen molar-refractivity contribution in [2.45, 2.75) is 12.8 Å². The third kappa shape index (κ3) is 3.16. The maximum Gasteiger partial charge on any atom is 0.382 e. The Balaban J connectivity index is 3.03. The van der Waals surface area contributed by atoms with E-state index in [-0.39, 0.29) is 25.6 Å². The fraction of sp³-hybridized carbons (Fsp3) is 0.417. The van der Waals surface area contributed by atoms with Gasteiger partial charge in [0.1, 0.15) is 12.4 Å². The van der Waals surface area contributed by atoms with Gasteiger partial charge in [-0.3, -0.25) is 0 Å². The molecule has 1 rings (SSSR count). The van der Waals surface area contributed by atoms with Crippen molar-refractivity contribution in [3.63, 3.8) is 0 Å². The molecule has 1 aromatic rings. The van der Waals surface area contributed by atoms with Gasteiger partial charge in [0.05, 0.1) is 18.8 Å². The number of alkyl halides is 2. The van der Waals surface area contributed by atoms with E-state index in [4.69, 9.17) is 9.84 Å². The number of halogens is 2. The number of aliphatic hydroxyl groups excluding tert-OH is 1. The van der Waals surface area contributed by atoms with Gasteiger partial charge in [-0.05, 0) is 19.1 Å². The van der Waals surface area contributed by atoms with Gasteiger partial charge in [-0.15, -0.1) is 0 Å². The summed E-state index contributed by atoms with van der Waals surface area (Å²) in [4.78, 5) is 11.2. The van der Waals surface area contributed by atoms with Crippen LogP contribution in [0, 0.1) is 0 Å². The molecule has 4 nitrogen and oxygen atoms in total. The Labute approximate surface area is 103 Å². The van der Waals surface area contributed by atoms with Crippen LogP contribution in [0.15, 0.2) is 24.3 Å². The number of aliphatic hydroxyl groups is 1. The lowest BCUT2D eigenvalue weighted by atomic mass is 10.1. The summed E-state index contributed by atoms with van der Waals surface area (Å²) >= 11 is 0. The van der Waals surface area contributed by atoms with E-state index in [2.05, 4.69) is 4.74 Å². The molecule has 0 bridgehead atoms. The van der Waals surface area contributed by atoms with Crippen molar-refractivity contribution < 1.29 is 28.2 Å². The molecule has 0 spiro atoms. The first-order chi connectivity index (χ1) is 8.54. The zero-order chi connectivity index (χ0) is 13.6. The Bertz CT molecular complexity index is 407. The number of para-hydroxylation sites is 1. The van der Waals surface area contributed by atoms with Crippen molar-refractivity contribution in [1.82, 2.24) is 0 Å². The quantitative estimate of drug-likeness (QED) is 0.791. The number of esters is 1. The second kappa shape index (κ2) is 6.30. The molecule has 0 aromatic heterocycles. The van der Waals surface area contributed by atoms with Gasteiger partial charge in [0.25, 0.3) is 0 Å². The Morgan fingerprint density at radius 3 is 2.67 bits per heavy atom. The van der Waals surface area contributed by atoms with Gasteiger partial charge >= 0.3 is 11.9 Å². The van der Waals surface area contributed by atoms with E-state index in [9.17, 15) is 13.6 Å². The Morgan fingerprint density at radius 2 is 2.06 bits per heavy atom. The molecule has 0 saturated heterocycles. The van der Waals surface area contributed by atoms with Crippen molar-refractivity contribution in [2.24, 2.45) is 0 Å². The Morgan fingerprint density at radius 1 is 1.39 bits per heavy atom. The third-order valence-corrected chi connectivity index (χ3v) is 2.11. The lowest BCUT2D eigenvalue weighted by Gasteiger charge is -2.18. The van der Waals surface area contributed by atoms with Gasteiger partial charge in [0, 0.05) is 0 Å². The molecule has 0 aliphatic carbocycles. The lowest BCUT2D eigenvalue weighted by Crippen LogP contribution is -2.29. The van der Waals surface area contributed by atoms with Gasteiger partial charge in [0.2, 0.25) is 0 Å². The van der Waals surface area contributed by atoms with Gasteiger partial charge in [-0.2, -0.15) is 8.78 Å². The van der Waals surface area contributed by atoms with Crippen molar-refractivity contribution in [3.05, 3.63) is 29.8 Å². The highest BCUT2D eigenvalue weighted by Gasteiger charge is 2.44. The number of rotatable bonds is 6. The average Bonchev–Trinajstić information content (AvgIpc) is 2.37. The number of hydrogen-bond donors (Lipinski definition) is 1. The number of benzene rings is 1. The number of hydrogen-bond acceptors (Lipinski definition) is 4. The van der Waals surface area contributed by atoms with Gasteiger partial charge in [-0.1, -0.05) is 12.1 Å². The molecule has 0 fully saturated rings. The largest absolute Gasteiger partial charge is 0.491 e. The highest BCUT2D eigenvalue weighted by Crippen LogP contribution is 2.35. The van der Waals surface area contributed by atoms with E-state index in [0.29, 0.717) is 0 Å². The van der Waals surface area contributed by atoms with E-state index in [0.717, 1.165) is 6.07 Å². The monoisotopic (exact) mass is 260 g/mol. The zero-order valence-corrected chi connectivity index (χ0v) is 9.86. The molecule has 0 atom stereocenters. The van der Waals surface area contributed by atoms with Crippen molar-refractivity contribution >= 4 is 5.97 Å². The van der Waals surface area contributed by atoms with E-state index in [1.54, 1.807) is 0 Å². The second-order valence-electron chi connectivity index (χ2n) is 3.36. The van der Waals surface area contributed by atoms with Crippen molar-refractivity contribution in [1.29, 1.82) is 0 Å². The summed E-state index contributed by atoms with van der Waals surface area (Å²) < 4.78 is 36.9. The van der Waals surface area contributed by atoms with Crippen LogP contribution in [0.5, 0.6) is 5.75 Å². The molecule has 6 heteroatoms. The van der Waals surface area contributed by atoms with Gasteiger partial charge < -0.3 is 14.6 Å². The molecule has 18 heavy (non-hydrogen) atoms. The zero-order valence-electron chi connectivity index (χ0n) is 9.86. The minimum Gasteiger partial charge on any atom is -0.491 e. The first kappa shape index (κ1) is 14.4. The molecular formula is C12H14F2O4. The maximum atomic E-state index is 13.8. The smallest absolute Gasteiger partial charge is 0.382 e. The minimum atomic E-state index is -3.78. The van der Waals surface area contributed by atoms with E-state index in [1.807, 2.05) is 0 Å². The molecule has 0 amide bonds. The van der Waals surface area contributed by atoms with Gasteiger partial charge in [0.15, 0.2) is 0 Å². The standard InChI is InChI=1S/C12H14F2O4/c1-2-17-11(16)12(13,14)9-5-3-4-6-10(9)18-8-7-15/h3-6,15H,2,7-8H2,1H3. The van der Waals surface area contributed by atoms with E-state index in [1.165, 1.54) is 25.1 Å². The highest BCUT2D eigenvalue weighted by molar-refractivity contribution is 5.80. The van der Waals surface area contributed by atoms with Crippen LogP contribution in [-0.2, 0) is 15.5 Å². The fourth-order valence-electron chi connectivity index (χ4n) is 1.34. The van der Waals surface area contributed by atoms with Crippen LogP contribution in [0.4, 0.5) is 8.78 Å². The third-order valence-electron chi connectivity index (χ3n) is 2.11. The maximum absolute atomic E-state index is 13.8. The molecule has 0 heterocycles. The molecule has 0 unspecified atom stereocenters. The van der Waals surface area contributed by atoms with Crippen LogP contribution in [0.25, 0.3) is 0 Å². The second-order valence-corrected chi connectivity index (χ2v) is 3.36.